The molecule has 1 aliphatic carbocycles. The molecule has 6 heteroatoms. The van der Waals surface area contributed by atoms with Crippen LogP contribution in [0.5, 0.6) is 0 Å². The summed E-state index contributed by atoms with van der Waals surface area (Å²) in [6.07, 6.45) is -0.879. The smallest absolute Gasteiger partial charge is 0.316 e. The number of hydrogen-bond donors (Lipinski definition) is 1. The lowest BCUT2D eigenvalue weighted by Gasteiger charge is -2.38. The van der Waals surface area contributed by atoms with Crippen LogP contribution in [0.2, 0.25) is 0 Å². The van der Waals surface area contributed by atoms with Crippen LogP contribution in [-0.4, -0.2) is 19.3 Å². The summed E-state index contributed by atoms with van der Waals surface area (Å²) in [4.78, 5) is 1.12. The van der Waals surface area contributed by atoms with E-state index in [4.69, 9.17) is 0 Å². The summed E-state index contributed by atoms with van der Waals surface area (Å²) >= 11 is 5.06. The molecule has 0 spiro atoms. The molecule has 1 saturated carbocycles. The number of alkyl halides is 3. The lowest BCUT2D eigenvalue weighted by atomic mass is 9.74. The summed E-state index contributed by atoms with van der Waals surface area (Å²) in [7, 11) is 1.77. The van der Waals surface area contributed by atoms with Crippen molar-refractivity contribution in [2.45, 2.75) is 44.3 Å². The van der Waals surface area contributed by atoms with Crippen LogP contribution in [0.3, 0.4) is 0 Å². The van der Waals surface area contributed by atoms with E-state index >= 15 is 0 Å². The van der Waals surface area contributed by atoms with E-state index in [-0.39, 0.29) is 18.4 Å². The summed E-state index contributed by atoms with van der Waals surface area (Å²) in [6.45, 7) is 0. The molecule has 1 heterocycles. The summed E-state index contributed by atoms with van der Waals surface area (Å²) in [6, 6.07) is 1.84. The predicted molar refractivity (Wildman–Crippen MR) is 80.1 cm³/mol. The molecule has 0 radical (unpaired) electrons. The highest BCUT2D eigenvalue weighted by Gasteiger charge is 2.47. The maximum atomic E-state index is 13.2. The molecule has 3 unspecified atom stereocenters. The van der Waals surface area contributed by atoms with Crippen molar-refractivity contribution in [1.29, 1.82) is 0 Å². The molecule has 1 aromatic rings. The molecule has 3 atom stereocenters. The summed E-state index contributed by atoms with van der Waals surface area (Å²) in [5.74, 6) is -1.48. The van der Waals surface area contributed by atoms with Gasteiger partial charge in [-0.3, -0.25) is 0 Å². The first-order valence-electron chi connectivity index (χ1n) is 6.89. The lowest BCUT2D eigenvalue weighted by Crippen LogP contribution is -2.45. The zero-order valence-electron chi connectivity index (χ0n) is 11.3. The average molecular weight is 370 g/mol. The number of thiophene rings is 1. The van der Waals surface area contributed by atoms with Gasteiger partial charge in [-0.05, 0) is 59.6 Å². The van der Waals surface area contributed by atoms with Gasteiger partial charge in [-0.15, -0.1) is 11.3 Å². The van der Waals surface area contributed by atoms with Crippen molar-refractivity contribution in [2.24, 2.45) is 11.8 Å². The first-order chi connectivity index (χ1) is 9.43. The molecule has 2 rings (SSSR count). The van der Waals surface area contributed by atoms with E-state index in [1.54, 1.807) is 18.4 Å². The molecule has 1 N–H and O–H groups in total. The fourth-order valence-electron chi connectivity index (χ4n) is 3.19. The zero-order valence-corrected chi connectivity index (χ0v) is 13.7. The minimum atomic E-state index is -4.08. The van der Waals surface area contributed by atoms with Crippen LogP contribution in [-0.2, 0) is 6.42 Å². The molecule has 0 bridgehead atoms. The lowest BCUT2D eigenvalue weighted by molar-refractivity contribution is -0.199. The Kier molecular flexibility index (Phi) is 5.54. The first-order valence-corrected chi connectivity index (χ1v) is 8.56. The van der Waals surface area contributed by atoms with Crippen LogP contribution in [0, 0.1) is 11.8 Å². The van der Waals surface area contributed by atoms with Gasteiger partial charge in [0.15, 0.2) is 0 Å². The van der Waals surface area contributed by atoms with Gasteiger partial charge in [0.2, 0.25) is 0 Å². The third kappa shape index (κ3) is 3.77. The quantitative estimate of drug-likeness (QED) is 0.786. The van der Waals surface area contributed by atoms with Crippen molar-refractivity contribution < 1.29 is 13.2 Å². The Morgan fingerprint density at radius 3 is 2.65 bits per heavy atom. The predicted octanol–water partition coefficient (Wildman–Crippen LogP) is 5.01. The van der Waals surface area contributed by atoms with E-state index in [1.807, 2.05) is 11.4 Å². The van der Waals surface area contributed by atoms with Crippen molar-refractivity contribution >= 4 is 27.3 Å². The highest BCUT2D eigenvalue weighted by atomic mass is 79.9. The van der Waals surface area contributed by atoms with Gasteiger partial charge in [0.25, 0.3) is 0 Å². The van der Waals surface area contributed by atoms with E-state index in [9.17, 15) is 13.2 Å². The van der Waals surface area contributed by atoms with Gasteiger partial charge < -0.3 is 5.32 Å². The molecule has 1 aliphatic rings. The Labute approximate surface area is 130 Å². The molecular weight excluding hydrogens is 351 g/mol. The van der Waals surface area contributed by atoms with Crippen LogP contribution >= 0.6 is 27.3 Å². The molecule has 1 nitrogen and oxygen atoms in total. The third-order valence-electron chi connectivity index (χ3n) is 4.22. The van der Waals surface area contributed by atoms with Crippen molar-refractivity contribution in [3.63, 3.8) is 0 Å². The molecule has 20 heavy (non-hydrogen) atoms. The van der Waals surface area contributed by atoms with Gasteiger partial charge in [-0.25, -0.2) is 0 Å². The van der Waals surface area contributed by atoms with E-state index < -0.39 is 12.1 Å². The molecule has 1 aromatic heterocycles. The van der Waals surface area contributed by atoms with Crippen LogP contribution in [0.15, 0.2) is 15.9 Å². The molecule has 0 amide bonds. The van der Waals surface area contributed by atoms with Crippen molar-refractivity contribution in [2.75, 3.05) is 7.05 Å². The summed E-state index contributed by atoms with van der Waals surface area (Å²) in [5.41, 5.74) is 0. The fourth-order valence-corrected chi connectivity index (χ4v) is 4.76. The number of halogens is 4. The Morgan fingerprint density at radius 1 is 1.40 bits per heavy atom. The number of likely N-dealkylation sites (N-methyl/N-ethyl adjacent to an activating group) is 1. The van der Waals surface area contributed by atoms with Gasteiger partial charge in [0.05, 0.1) is 5.92 Å². The second-order valence-electron chi connectivity index (χ2n) is 5.39. The molecular formula is C14H19BrF3NS. The van der Waals surface area contributed by atoms with Crippen LogP contribution < -0.4 is 5.32 Å². The Morgan fingerprint density at radius 2 is 2.10 bits per heavy atom. The van der Waals surface area contributed by atoms with Gasteiger partial charge in [-0.2, -0.15) is 13.2 Å². The van der Waals surface area contributed by atoms with E-state index in [1.165, 1.54) is 0 Å². The minimum Gasteiger partial charge on any atom is -0.316 e. The van der Waals surface area contributed by atoms with E-state index in [0.717, 1.165) is 15.8 Å². The topological polar surface area (TPSA) is 12.0 Å². The number of rotatable bonds is 4. The number of hydrogen-bond acceptors (Lipinski definition) is 2. The Balaban J connectivity index is 2.14. The van der Waals surface area contributed by atoms with Crippen LogP contribution in [0.4, 0.5) is 13.2 Å². The second-order valence-corrected chi connectivity index (χ2v) is 7.24. The molecule has 114 valence electrons. The monoisotopic (exact) mass is 369 g/mol. The van der Waals surface area contributed by atoms with Crippen molar-refractivity contribution in [3.05, 3.63) is 20.8 Å². The number of nitrogens with one attached hydrogen (secondary N) is 1. The minimum absolute atomic E-state index is 0.114. The van der Waals surface area contributed by atoms with Gasteiger partial charge in [0, 0.05) is 15.4 Å². The maximum absolute atomic E-state index is 13.2. The maximum Gasteiger partial charge on any atom is 0.392 e. The van der Waals surface area contributed by atoms with Crippen LogP contribution in [0.25, 0.3) is 0 Å². The molecule has 1 fully saturated rings. The summed E-state index contributed by atoms with van der Waals surface area (Å²) < 4.78 is 40.6. The molecule has 0 aromatic carbocycles. The normalized spacial score (nSPS) is 25.6. The third-order valence-corrected chi connectivity index (χ3v) is 6.17. The largest absolute Gasteiger partial charge is 0.392 e. The van der Waals surface area contributed by atoms with Gasteiger partial charge in [-0.1, -0.05) is 12.8 Å². The van der Waals surface area contributed by atoms with E-state index in [0.29, 0.717) is 19.3 Å². The van der Waals surface area contributed by atoms with Crippen LogP contribution in [0.1, 0.15) is 30.6 Å². The second kappa shape index (κ2) is 6.79. The Hall–Kier alpha value is -0.0700. The fraction of sp³-hybridized carbons (Fsp3) is 0.714. The average Bonchev–Trinajstić information content (AvgIpc) is 2.80. The highest BCUT2D eigenvalue weighted by molar-refractivity contribution is 9.10. The zero-order chi connectivity index (χ0) is 14.8. The highest BCUT2D eigenvalue weighted by Crippen LogP contribution is 2.43. The molecule has 0 aliphatic heterocycles. The SMILES string of the molecule is CNC(Cc1sccc1Br)C1CCCCC1C(F)(F)F. The van der Waals surface area contributed by atoms with Crippen molar-refractivity contribution in [3.8, 4) is 0 Å². The first kappa shape index (κ1) is 16.3. The van der Waals surface area contributed by atoms with E-state index in [2.05, 4.69) is 21.2 Å². The van der Waals surface area contributed by atoms with Gasteiger partial charge >= 0.3 is 6.18 Å². The van der Waals surface area contributed by atoms with Gasteiger partial charge in [0.1, 0.15) is 0 Å². The summed E-state index contributed by atoms with van der Waals surface area (Å²) in [5, 5.41) is 5.09. The standard InChI is InChI=1S/C14H19BrF3NS/c1-19-12(8-13-11(15)6-7-20-13)9-4-2-3-5-10(9)14(16,17)18/h6-7,9-10,12,19H,2-5,8H2,1H3. The molecule has 0 saturated heterocycles. The van der Waals surface area contributed by atoms with Crippen molar-refractivity contribution in [1.82, 2.24) is 5.32 Å². The Bertz CT molecular complexity index is 432.